The number of halogens is 1. The molecule has 0 bridgehead atoms. The van der Waals surface area contributed by atoms with Crippen LogP contribution < -0.4 is 10.2 Å². The molecule has 0 unspecified atom stereocenters. The van der Waals surface area contributed by atoms with Crippen molar-refractivity contribution in [1.29, 1.82) is 0 Å². The quantitative estimate of drug-likeness (QED) is 0.267. The molecule has 0 aromatic heterocycles. The molecule has 0 saturated carbocycles. The van der Waals surface area contributed by atoms with Crippen LogP contribution >= 0.6 is 11.6 Å². The minimum absolute atomic E-state index is 0.129. The molecule has 4 aromatic rings. The third kappa shape index (κ3) is 5.73. The summed E-state index contributed by atoms with van der Waals surface area (Å²) in [5.74, 6) is -0.549. The second kappa shape index (κ2) is 11.9. The summed E-state index contributed by atoms with van der Waals surface area (Å²) in [7, 11) is 0. The van der Waals surface area contributed by atoms with Crippen molar-refractivity contribution in [2.24, 2.45) is 5.92 Å². The second-order valence-electron chi connectivity index (χ2n) is 10.5. The zero-order valence-corrected chi connectivity index (χ0v) is 23.4. The monoisotopic (exact) mass is 553 g/mol. The molecular weight excluding hydrogens is 522 g/mol. The maximum Gasteiger partial charge on any atom is 0.259 e. The van der Waals surface area contributed by atoms with Gasteiger partial charge in [-0.15, -0.1) is 0 Å². The first-order valence-corrected chi connectivity index (χ1v) is 13.9. The number of amides is 3. The fourth-order valence-corrected chi connectivity index (χ4v) is 5.34. The summed E-state index contributed by atoms with van der Waals surface area (Å²) < 4.78 is 0. The zero-order chi connectivity index (χ0) is 28.2. The lowest BCUT2D eigenvalue weighted by Gasteiger charge is -2.33. The van der Waals surface area contributed by atoms with E-state index >= 15 is 0 Å². The van der Waals surface area contributed by atoms with Gasteiger partial charge in [-0.1, -0.05) is 98.2 Å². The fourth-order valence-electron chi connectivity index (χ4n) is 5.15. The number of anilines is 1. The van der Waals surface area contributed by atoms with Crippen LogP contribution in [0.3, 0.4) is 0 Å². The normalized spacial score (nSPS) is 13.1. The summed E-state index contributed by atoms with van der Waals surface area (Å²) in [6, 6.07) is 27.4. The van der Waals surface area contributed by atoms with E-state index in [0.717, 1.165) is 21.9 Å². The molecule has 1 atom stereocenters. The van der Waals surface area contributed by atoms with Crippen molar-refractivity contribution < 1.29 is 14.4 Å². The lowest BCUT2D eigenvalue weighted by molar-refractivity contribution is -0.140. The number of carbonyl (C=O) groups is 3. The molecule has 0 spiro atoms. The molecule has 7 heteroatoms. The molecule has 1 N–H and O–H groups in total. The molecule has 0 saturated heterocycles. The maximum atomic E-state index is 14.2. The first kappa shape index (κ1) is 27.4. The van der Waals surface area contributed by atoms with Gasteiger partial charge >= 0.3 is 0 Å². The number of nitrogens with one attached hydrogen (secondary N) is 1. The Balaban J connectivity index is 1.51. The number of carbonyl (C=O) groups excluding carboxylic acids is 3. The van der Waals surface area contributed by atoms with Crippen LogP contribution in [-0.4, -0.2) is 41.8 Å². The van der Waals surface area contributed by atoms with Gasteiger partial charge in [0.2, 0.25) is 11.8 Å². The van der Waals surface area contributed by atoms with Gasteiger partial charge in [-0.25, -0.2) is 0 Å². The van der Waals surface area contributed by atoms with E-state index in [-0.39, 0.29) is 36.7 Å². The lowest BCUT2D eigenvalue weighted by atomic mass is 10.0. The van der Waals surface area contributed by atoms with Gasteiger partial charge in [0.25, 0.3) is 5.91 Å². The van der Waals surface area contributed by atoms with Gasteiger partial charge in [0.05, 0.1) is 5.69 Å². The van der Waals surface area contributed by atoms with Gasteiger partial charge in [0.15, 0.2) is 0 Å². The van der Waals surface area contributed by atoms with E-state index in [1.165, 1.54) is 4.90 Å². The van der Waals surface area contributed by atoms with Crippen LogP contribution in [0, 0.1) is 5.92 Å². The Morgan fingerprint density at radius 1 is 0.900 bits per heavy atom. The van der Waals surface area contributed by atoms with Crippen LogP contribution in [0.2, 0.25) is 5.02 Å². The Bertz CT molecular complexity index is 1550. The van der Waals surface area contributed by atoms with Crippen molar-refractivity contribution in [3.63, 3.8) is 0 Å². The SMILES string of the molecule is CC(C)CNC(=O)[C@H](Cc1ccccc1)N(Cc1ccccc1Cl)C(=O)CN1C(=O)c2cccc3cccc1c23. The summed E-state index contributed by atoms with van der Waals surface area (Å²) in [6.45, 7) is 4.47. The van der Waals surface area contributed by atoms with Gasteiger partial charge in [0, 0.05) is 35.5 Å². The standard InChI is InChI=1S/C33H32ClN3O3/c1-22(2)19-35-32(39)29(18-23-10-4-3-5-11-23)36(20-25-12-6-7-16-27(25)34)30(38)21-37-28-17-9-14-24-13-8-15-26(31(24)28)33(37)40/h3-17,22,29H,18-21H2,1-2H3,(H,35,39)/t29-/m0/s1. The van der Waals surface area contributed by atoms with Gasteiger partial charge < -0.3 is 10.2 Å². The number of hydrogen-bond donors (Lipinski definition) is 1. The number of hydrogen-bond acceptors (Lipinski definition) is 3. The van der Waals surface area contributed by atoms with Crippen LogP contribution in [0.5, 0.6) is 0 Å². The Hall–Kier alpha value is -4.16. The number of rotatable bonds is 10. The second-order valence-corrected chi connectivity index (χ2v) is 10.9. The molecular formula is C33H32ClN3O3. The zero-order valence-electron chi connectivity index (χ0n) is 22.6. The van der Waals surface area contributed by atoms with E-state index in [1.54, 1.807) is 17.0 Å². The summed E-state index contributed by atoms with van der Waals surface area (Å²) >= 11 is 6.53. The van der Waals surface area contributed by atoms with Crippen LogP contribution in [0.15, 0.2) is 91.0 Å². The van der Waals surface area contributed by atoms with Gasteiger partial charge in [-0.2, -0.15) is 0 Å². The average molecular weight is 554 g/mol. The van der Waals surface area contributed by atoms with E-state index in [4.69, 9.17) is 11.6 Å². The summed E-state index contributed by atoms with van der Waals surface area (Å²) in [4.78, 5) is 44.5. The molecule has 204 valence electrons. The van der Waals surface area contributed by atoms with Crippen molar-refractivity contribution in [2.75, 3.05) is 18.0 Å². The predicted octanol–water partition coefficient (Wildman–Crippen LogP) is 5.87. The highest BCUT2D eigenvalue weighted by molar-refractivity contribution is 6.31. The third-order valence-electron chi connectivity index (χ3n) is 7.20. The van der Waals surface area contributed by atoms with Gasteiger partial charge in [-0.3, -0.25) is 19.3 Å². The van der Waals surface area contributed by atoms with Crippen molar-refractivity contribution in [3.8, 4) is 0 Å². The van der Waals surface area contributed by atoms with E-state index < -0.39 is 6.04 Å². The molecule has 1 heterocycles. The Morgan fingerprint density at radius 3 is 2.33 bits per heavy atom. The van der Waals surface area contributed by atoms with Gasteiger partial charge in [0.1, 0.15) is 12.6 Å². The largest absolute Gasteiger partial charge is 0.354 e. The van der Waals surface area contributed by atoms with Crippen LogP contribution in [0.4, 0.5) is 5.69 Å². The smallest absolute Gasteiger partial charge is 0.259 e. The minimum atomic E-state index is -0.805. The molecule has 0 aliphatic carbocycles. The number of nitrogens with zero attached hydrogens (tertiary/aromatic N) is 2. The first-order valence-electron chi connectivity index (χ1n) is 13.5. The summed E-state index contributed by atoms with van der Waals surface area (Å²) in [5.41, 5.74) is 2.94. The fraction of sp³-hybridized carbons (Fsp3) is 0.242. The summed E-state index contributed by atoms with van der Waals surface area (Å²) in [6.07, 6.45) is 0.324. The Kier molecular flexibility index (Phi) is 8.17. The average Bonchev–Trinajstić information content (AvgIpc) is 3.23. The topological polar surface area (TPSA) is 69.7 Å². The van der Waals surface area contributed by atoms with Crippen LogP contribution in [0.25, 0.3) is 10.8 Å². The maximum absolute atomic E-state index is 14.2. The summed E-state index contributed by atoms with van der Waals surface area (Å²) in [5, 5.41) is 5.32. The van der Waals surface area contributed by atoms with E-state index in [0.29, 0.717) is 29.2 Å². The molecule has 3 amide bonds. The highest BCUT2D eigenvalue weighted by Crippen LogP contribution is 2.37. The Labute approximate surface area is 239 Å². The van der Waals surface area contributed by atoms with E-state index in [2.05, 4.69) is 5.32 Å². The molecule has 4 aromatic carbocycles. The van der Waals surface area contributed by atoms with Crippen LogP contribution in [0.1, 0.15) is 35.3 Å². The van der Waals surface area contributed by atoms with E-state index in [9.17, 15) is 14.4 Å². The molecule has 5 rings (SSSR count). The third-order valence-corrected chi connectivity index (χ3v) is 7.57. The highest BCUT2D eigenvalue weighted by Gasteiger charge is 2.36. The van der Waals surface area contributed by atoms with Crippen molar-refractivity contribution in [3.05, 3.63) is 113 Å². The molecule has 0 radical (unpaired) electrons. The van der Waals surface area contributed by atoms with Crippen LogP contribution in [-0.2, 0) is 22.6 Å². The van der Waals surface area contributed by atoms with Crippen molar-refractivity contribution in [2.45, 2.75) is 32.9 Å². The molecule has 6 nitrogen and oxygen atoms in total. The van der Waals surface area contributed by atoms with Crippen molar-refractivity contribution in [1.82, 2.24) is 10.2 Å². The van der Waals surface area contributed by atoms with Crippen molar-refractivity contribution >= 4 is 45.8 Å². The molecule has 1 aliphatic heterocycles. The Morgan fingerprint density at radius 2 is 1.60 bits per heavy atom. The van der Waals surface area contributed by atoms with Gasteiger partial charge in [-0.05, 0) is 40.6 Å². The number of benzene rings is 4. The first-order chi connectivity index (χ1) is 19.3. The lowest BCUT2D eigenvalue weighted by Crippen LogP contribution is -2.53. The minimum Gasteiger partial charge on any atom is -0.354 e. The molecule has 0 fully saturated rings. The van der Waals surface area contributed by atoms with E-state index in [1.807, 2.05) is 92.7 Å². The molecule has 1 aliphatic rings. The molecule has 40 heavy (non-hydrogen) atoms. The predicted molar refractivity (Wildman–Crippen MR) is 159 cm³/mol. The highest BCUT2D eigenvalue weighted by atomic mass is 35.5.